The molecule has 8 aliphatic carbocycles. The number of hydrogen-bond acceptors (Lipinski definition) is 4. The SMILES string of the molecule is N#Cc1cc2c(c3c1C1CC4CC(C1)CC3C4)c1cc3c4cc5oc6ccccc6c5cc4oc3c3c4c5c(c(C#N)cc4n2c13)C1CC2CC3CC5CC23C1. The Kier molecular flexibility index (Phi) is 4.65. The summed E-state index contributed by atoms with van der Waals surface area (Å²) in [5.74, 6) is 5.02. The minimum atomic E-state index is 0.458. The topological polar surface area (TPSA) is 78.3 Å². The van der Waals surface area contributed by atoms with Gasteiger partial charge >= 0.3 is 0 Å². The smallest absolute Gasteiger partial charge is 0.145 e. The van der Waals surface area contributed by atoms with Crippen LogP contribution in [0.1, 0.15) is 121 Å². The lowest BCUT2D eigenvalue weighted by molar-refractivity contribution is 0.00322. The maximum absolute atomic E-state index is 11.1. The maximum atomic E-state index is 11.1. The molecule has 0 amide bonds. The Morgan fingerprint density at radius 3 is 1.91 bits per heavy atom. The van der Waals surface area contributed by atoms with E-state index in [1.807, 2.05) is 6.07 Å². The molecule has 8 aliphatic rings. The van der Waals surface area contributed by atoms with E-state index in [1.165, 1.54) is 114 Å². The van der Waals surface area contributed by atoms with Crippen molar-refractivity contribution in [2.45, 2.75) is 87.9 Å². The van der Waals surface area contributed by atoms with Gasteiger partial charge < -0.3 is 13.2 Å². The van der Waals surface area contributed by atoms with E-state index in [1.54, 1.807) is 0 Å². The van der Waals surface area contributed by atoms with Crippen molar-refractivity contribution >= 4 is 82.0 Å². The highest BCUT2D eigenvalue weighted by Crippen LogP contribution is 2.77. The van der Waals surface area contributed by atoms with Gasteiger partial charge in [-0.25, -0.2) is 0 Å². The highest BCUT2D eigenvalue weighted by atomic mass is 16.3. The summed E-state index contributed by atoms with van der Waals surface area (Å²) < 4.78 is 16.2. The number of fused-ring (bicyclic) bond motifs is 19. The van der Waals surface area contributed by atoms with Crippen LogP contribution < -0.4 is 0 Å². The molecule has 0 N–H and O–H groups in total. The van der Waals surface area contributed by atoms with Crippen LogP contribution in [0.4, 0.5) is 0 Å². The first kappa shape index (κ1) is 28.8. The van der Waals surface area contributed by atoms with Crippen molar-refractivity contribution in [1.82, 2.24) is 4.40 Å². The summed E-state index contributed by atoms with van der Waals surface area (Å²) in [4.78, 5) is 0. The molecular weight excluding hydrogens is 687 g/mol. The van der Waals surface area contributed by atoms with Gasteiger partial charge in [0.2, 0.25) is 0 Å². The predicted octanol–water partition coefficient (Wildman–Crippen LogP) is 13.2. The van der Waals surface area contributed by atoms with Gasteiger partial charge in [0.05, 0.1) is 45.2 Å². The first-order valence-electron chi connectivity index (χ1n) is 21.4. The van der Waals surface area contributed by atoms with Gasteiger partial charge in [-0.2, -0.15) is 10.5 Å². The Morgan fingerprint density at radius 2 is 1.16 bits per heavy atom. The van der Waals surface area contributed by atoms with Crippen molar-refractivity contribution < 1.29 is 8.83 Å². The van der Waals surface area contributed by atoms with Crippen molar-refractivity contribution in [3.8, 4) is 12.1 Å². The Bertz CT molecular complexity index is 3480. The number of nitrogens with zero attached hydrogens (tertiary/aromatic N) is 3. The number of aromatic nitrogens is 1. The van der Waals surface area contributed by atoms with Crippen LogP contribution in [0, 0.1) is 51.7 Å². The Balaban J connectivity index is 1.14. The van der Waals surface area contributed by atoms with Gasteiger partial charge in [0.25, 0.3) is 0 Å². The molecule has 9 aromatic rings. The summed E-state index contributed by atoms with van der Waals surface area (Å²) in [6.07, 6.45) is 12.7. The van der Waals surface area contributed by atoms with Gasteiger partial charge in [0.1, 0.15) is 22.3 Å². The minimum Gasteiger partial charge on any atom is -0.456 e. The van der Waals surface area contributed by atoms with Crippen LogP contribution in [0.25, 0.3) is 82.0 Å². The number of hydrogen-bond donors (Lipinski definition) is 0. The predicted molar refractivity (Wildman–Crippen MR) is 219 cm³/mol. The second-order valence-electron chi connectivity index (χ2n) is 19.9. The highest BCUT2D eigenvalue weighted by molar-refractivity contribution is 6.34. The molecule has 4 aromatic heterocycles. The van der Waals surface area contributed by atoms with Crippen molar-refractivity contribution in [2.75, 3.05) is 0 Å². The third-order valence-corrected chi connectivity index (χ3v) is 17.8. The maximum Gasteiger partial charge on any atom is 0.145 e. The van der Waals surface area contributed by atoms with Crippen LogP contribution in [0.3, 0.4) is 0 Å². The lowest BCUT2D eigenvalue weighted by atomic mass is 9.56. The van der Waals surface area contributed by atoms with E-state index < -0.39 is 0 Å². The van der Waals surface area contributed by atoms with Gasteiger partial charge in [0, 0.05) is 37.7 Å². The molecule has 0 saturated heterocycles. The molecule has 0 radical (unpaired) electrons. The number of para-hydroxylation sites is 1. The van der Waals surface area contributed by atoms with Crippen molar-refractivity contribution in [3.05, 3.63) is 88.0 Å². The number of nitriles is 2. The Labute approximate surface area is 321 Å². The first-order valence-corrected chi connectivity index (χ1v) is 21.4. The van der Waals surface area contributed by atoms with Crippen LogP contribution in [-0.2, 0) is 0 Å². The van der Waals surface area contributed by atoms with E-state index in [4.69, 9.17) is 8.83 Å². The summed E-state index contributed by atoms with van der Waals surface area (Å²) in [6, 6.07) is 25.3. The van der Waals surface area contributed by atoms with Crippen LogP contribution >= 0.6 is 0 Å². The monoisotopic (exact) mass is 723 g/mol. The fourth-order valence-corrected chi connectivity index (χ4v) is 16.3. The molecule has 0 aliphatic heterocycles. The van der Waals surface area contributed by atoms with E-state index in [2.05, 4.69) is 65.1 Å². The van der Waals surface area contributed by atoms with Crippen LogP contribution in [0.2, 0.25) is 0 Å². The molecule has 5 heteroatoms. The summed E-state index contributed by atoms with van der Waals surface area (Å²) in [6.45, 7) is 0. The van der Waals surface area contributed by atoms with Gasteiger partial charge in [-0.1, -0.05) is 18.2 Å². The van der Waals surface area contributed by atoms with Crippen molar-refractivity contribution in [3.63, 3.8) is 0 Å². The van der Waals surface area contributed by atoms with Gasteiger partial charge in [0.15, 0.2) is 0 Å². The van der Waals surface area contributed by atoms with Crippen LogP contribution in [0.5, 0.6) is 0 Å². The molecule has 5 nitrogen and oxygen atoms in total. The summed E-state index contributed by atoms with van der Waals surface area (Å²) in [5.41, 5.74) is 15.1. The van der Waals surface area contributed by atoms with Gasteiger partial charge in [-0.3, -0.25) is 0 Å². The van der Waals surface area contributed by atoms with Crippen molar-refractivity contribution in [2.24, 2.45) is 29.1 Å². The molecule has 5 fully saturated rings. The molecule has 1 spiro atoms. The fraction of sp³-hybridized carbons (Fsp3) is 0.373. The van der Waals surface area contributed by atoms with Gasteiger partial charge in [-0.15, -0.1) is 0 Å². The fourth-order valence-electron chi connectivity index (χ4n) is 16.3. The zero-order chi connectivity index (χ0) is 36.1. The molecule has 7 unspecified atom stereocenters. The average molecular weight is 724 g/mol. The van der Waals surface area contributed by atoms with Crippen LogP contribution in [-0.4, -0.2) is 4.40 Å². The zero-order valence-electron chi connectivity index (χ0n) is 31.0. The van der Waals surface area contributed by atoms with Crippen molar-refractivity contribution in [1.29, 1.82) is 10.5 Å². The number of furan rings is 2. The summed E-state index contributed by atoms with van der Waals surface area (Å²) >= 11 is 0. The molecule has 5 saturated carbocycles. The molecule has 7 bridgehead atoms. The normalized spacial score (nSPS) is 32.0. The Hall–Kier alpha value is -5.52. The van der Waals surface area contributed by atoms with E-state index in [-0.39, 0.29) is 0 Å². The van der Waals surface area contributed by atoms with E-state index >= 15 is 0 Å². The lowest BCUT2D eigenvalue weighted by Gasteiger charge is -2.48. The second-order valence-corrected chi connectivity index (χ2v) is 19.9. The number of rotatable bonds is 0. The molecule has 5 aromatic carbocycles. The van der Waals surface area contributed by atoms with Gasteiger partial charge in [-0.05, 0) is 176 Å². The molecule has 17 rings (SSSR count). The van der Waals surface area contributed by atoms with E-state index in [9.17, 15) is 10.5 Å². The first-order chi connectivity index (χ1) is 27.6. The average Bonchev–Trinajstić information content (AvgIpc) is 4.00. The largest absolute Gasteiger partial charge is 0.456 e. The second kappa shape index (κ2) is 9.03. The Morgan fingerprint density at radius 1 is 0.536 bits per heavy atom. The lowest BCUT2D eigenvalue weighted by Crippen LogP contribution is -2.41. The molecule has 56 heavy (non-hydrogen) atoms. The highest BCUT2D eigenvalue weighted by Gasteiger charge is 2.66. The molecule has 268 valence electrons. The third kappa shape index (κ3) is 2.98. The minimum absolute atomic E-state index is 0.458. The van der Waals surface area contributed by atoms with E-state index in [0.717, 1.165) is 89.7 Å². The number of benzene rings is 5. The quantitative estimate of drug-likeness (QED) is 0.156. The zero-order valence-corrected chi connectivity index (χ0v) is 31.0. The van der Waals surface area contributed by atoms with Crippen LogP contribution in [0.15, 0.2) is 63.4 Å². The molecular formula is C51H37N3O2. The summed E-state index contributed by atoms with van der Waals surface area (Å²) in [7, 11) is 0. The molecule has 4 heterocycles. The van der Waals surface area contributed by atoms with E-state index in [0.29, 0.717) is 29.1 Å². The third-order valence-electron chi connectivity index (χ3n) is 17.8. The standard InChI is InChI=1S/C51H37N3O2/c52-20-28-12-37-46(44-25-8-22-5-23(9-25)7-24(6-22)42(28)44)36-15-35-34-17-40-33(32-3-1-2-4-39(32)55-40)16-41(34)56-50(35)48-47-38(54(37)49(36)48)13-29(21-53)43-26-10-30-14-31-11-27(45(43)47)19-51(30,31)18-26/h1-4,12-13,15-17,22-27,30-31H,5-11,14,18-19H2. The molecule has 7 atom stereocenters. The summed E-state index contributed by atoms with van der Waals surface area (Å²) in [5, 5.41) is 31.7.